The van der Waals surface area contributed by atoms with Gasteiger partial charge in [0.25, 0.3) is 0 Å². The zero-order valence-corrected chi connectivity index (χ0v) is 12.0. The van der Waals surface area contributed by atoms with Gasteiger partial charge in [0, 0.05) is 13.1 Å². The van der Waals surface area contributed by atoms with Crippen LogP contribution in [0, 0.1) is 5.92 Å². The fourth-order valence-corrected chi connectivity index (χ4v) is 3.88. The minimum atomic E-state index is -3.69. The molecule has 0 aliphatic carbocycles. The Morgan fingerprint density at radius 2 is 2.20 bits per heavy atom. The van der Waals surface area contributed by atoms with Crippen molar-refractivity contribution in [3.05, 3.63) is 24.3 Å². The summed E-state index contributed by atoms with van der Waals surface area (Å²) < 4.78 is 30.9. The third-order valence-electron chi connectivity index (χ3n) is 3.37. The van der Waals surface area contributed by atoms with Crippen molar-refractivity contribution < 1.29 is 23.1 Å². The number of carbonyl (C=O) groups is 1. The van der Waals surface area contributed by atoms with Gasteiger partial charge >= 0.3 is 5.97 Å². The van der Waals surface area contributed by atoms with E-state index in [2.05, 4.69) is 4.74 Å². The predicted octanol–water partition coefficient (Wildman–Crippen LogP) is 0.966. The molecule has 1 atom stereocenters. The summed E-state index contributed by atoms with van der Waals surface area (Å²) in [5.41, 5.74) is 0. The number of esters is 1. The van der Waals surface area contributed by atoms with E-state index in [4.69, 9.17) is 0 Å². The van der Waals surface area contributed by atoms with Crippen molar-refractivity contribution in [2.45, 2.75) is 17.7 Å². The van der Waals surface area contributed by atoms with Crippen LogP contribution in [0.4, 0.5) is 0 Å². The molecule has 0 bridgehead atoms. The summed E-state index contributed by atoms with van der Waals surface area (Å²) in [4.78, 5) is 11.6. The van der Waals surface area contributed by atoms with Crippen LogP contribution in [0.15, 0.2) is 29.2 Å². The number of phenols is 1. The molecule has 0 spiro atoms. The molecule has 0 radical (unpaired) electrons. The van der Waals surface area contributed by atoms with Crippen LogP contribution >= 0.6 is 0 Å². The number of rotatable bonds is 3. The van der Waals surface area contributed by atoms with Crippen molar-refractivity contribution in [3.8, 4) is 5.75 Å². The van der Waals surface area contributed by atoms with Gasteiger partial charge < -0.3 is 9.84 Å². The maximum Gasteiger partial charge on any atom is 0.309 e. The van der Waals surface area contributed by atoms with E-state index in [-0.39, 0.29) is 23.2 Å². The molecule has 0 aromatic heterocycles. The summed E-state index contributed by atoms with van der Waals surface area (Å²) >= 11 is 0. The Balaban J connectivity index is 2.23. The monoisotopic (exact) mass is 299 g/mol. The molecule has 6 nitrogen and oxygen atoms in total. The zero-order chi connectivity index (χ0) is 14.8. The number of ether oxygens (including phenoxy) is 1. The van der Waals surface area contributed by atoms with Crippen molar-refractivity contribution in [1.82, 2.24) is 4.31 Å². The maximum absolute atomic E-state index is 12.5. The molecule has 2 rings (SSSR count). The number of aromatic hydroxyl groups is 1. The first-order chi connectivity index (χ1) is 9.45. The Morgan fingerprint density at radius 1 is 1.45 bits per heavy atom. The van der Waals surface area contributed by atoms with Gasteiger partial charge in [-0.3, -0.25) is 4.79 Å². The Morgan fingerprint density at radius 3 is 2.85 bits per heavy atom. The number of carbonyl (C=O) groups excluding carboxylic acids is 1. The number of sulfonamides is 1. The molecular formula is C13H17NO5S. The van der Waals surface area contributed by atoms with Gasteiger partial charge in [-0.15, -0.1) is 0 Å². The Hall–Kier alpha value is -1.60. The summed E-state index contributed by atoms with van der Waals surface area (Å²) in [5.74, 6) is -0.922. The van der Waals surface area contributed by atoms with E-state index in [1.165, 1.54) is 35.7 Å². The molecule has 1 saturated heterocycles. The average Bonchev–Trinajstić information content (AvgIpc) is 2.46. The van der Waals surface area contributed by atoms with Crippen molar-refractivity contribution in [2.24, 2.45) is 5.92 Å². The topological polar surface area (TPSA) is 83.9 Å². The number of methoxy groups -OCH3 is 1. The van der Waals surface area contributed by atoms with Crippen molar-refractivity contribution in [1.29, 1.82) is 0 Å². The van der Waals surface area contributed by atoms with Gasteiger partial charge in [-0.05, 0) is 31.0 Å². The molecule has 0 saturated carbocycles. The molecule has 1 aromatic rings. The first-order valence-electron chi connectivity index (χ1n) is 6.32. The standard InChI is InChI=1S/C13H17NO5S/c1-19-13(16)10-4-3-7-14(9-10)20(17,18)12-6-2-5-11(15)8-12/h2,5-6,8,10,15H,3-4,7,9H2,1H3. The Bertz CT molecular complexity index is 599. The summed E-state index contributed by atoms with van der Waals surface area (Å²) in [5, 5.41) is 9.40. The van der Waals surface area contributed by atoms with Crippen LogP contribution in [-0.4, -0.2) is 44.0 Å². The lowest BCUT2D eigenvalue weighted by atomic mass is 10.0. The van der Waals surface area contributed by atoms with Crippen LogP contribution in [0.5, 0.6) is 5.75 Å². The molecule has 1 aliphatic heterocycles. The van der Waals surface area contributed by atoms with Gasteiger partial charge in [-0.1, -0.05) is 6.07 Å². The van der Waals surface area contributed by atoms with Gasteiger partial charge in [-0.2, -0.15) is 4.31 Å². The number of hydrogen-bond acceptors (Lipinski definition) is 5. The van der Waals surface area contributed by atoms with E-state index in [1.54, 1.807) is 0 Å². The number of benzene rings is 1. The highest BCUT2D eigenvalue weighted by Crippen LogP contribution is 2.25. The van der Waals surface area contributed by atoms with E-state index >= 15 is 0 Å². The van der Waals surface area contributed by atoms with Crippen molar-refractivity contribution in [3.63, 3.8) is 0 Å². The number of hydrogen-bond donors (Lipinski definition) is 1. The molecular weight excluding hydrogens is 282 g/mol. The summed E-state index contributed by atoms with van der Waals surface area (Å²) in [6.07, 6.45) is 1.23. The largest absolute Gasteiger partial charge is 0.508 e. The zero-order valence-electron chi connectivity index (χ0n) is 11.2. The number of nitrogens with zero attached hydrogens (tertiary/aromatic N) is 1. The third kappa shape index (κ3) is 2.94. The predicted molar refractivity (Wildman–Crippen MR) is 71.6 cm³/mol. The van der Waals surface area contributed by atoms with Crippen LogP contribution in [0.1, 0.15) is 12.8 Å². The molecule has 1 fully saturated rings. The molecule has 7 heteroatoms. The number of phenolic OH excluding ortho intramolecular Hbond substituents is 1. The van der Waals surface area contributed by atoms with Gasteiger partial charge in [0.1, 0.15) is 5.75 Å². The molecule has 1 unspecified atom stereocenters. The van der Waals surface area contributed by atoms with E-state index in [9.17, 15) is 18.3 Å². The molecule has 1 heterocycles. The second-order valence-electron chi connectivity index (χ2n) is 4.72. The highest BCUT2D eigenvalue weighted by Gasteiger charge is 2.33. The van der Waals surface area contributed by atoms with Crippen LogP contribution in [0.3, 0.4) is 0 Å². The lowest BCUT2D eigenvalue weighted by Crippen LogP contribution is -2.42. The second kappa shape index (κ2) is 5.80. The normalized spacial score (nSPS) is 20.6. The third-order valence-corrected chi connectivity index (χ3v) is 5.24. The molecule has 110 valence electrons. The van der Waals surface area contributed by atoms with Crippen LogP contribution in [0.25, 0.3) is 0 Å². The van der Waals surface area contributed by atoms with Gasteiger partial charge in [0.2, 0.25) is 10.0 Å². The molecule has 20 heavy (non-hydrogen) atoms. The summed E-state index contributed by atoms with van der Waals surface area (Å²) in [7, 11) is -2.40. The Kier molecular flexibility index (Phi) is 4.29. The smallest absolute Gasteiger partial charge is 0.309 e. The summed E-state index contributed by atoms with van der Waals surface area (Å²) in [6, 6.07) is 5.52. The lowest BCUT2D eigenvalue weighted by molar-refractivity contribution is -0.146. The van der Waals surface area contributed by atoms with E-state index in [0.717, 1.165) is 0 Å². The molecule has 1 N–H and O–H groups in total. The first kappa shape index (κ1) is 14.8. The van der Waals surface area contributed by atoms with Crippen LogP contribution < -0.4 is 0 Å². The number of piperidine rings is 1. The fourth-order valence-electron chi connectivity index (χ4n) is 2.31. The van der Waals surface area contributed by atoms with Crippen LogP contribution in [0.2, 0.25) is 0 Å². The van der Waals surface area contributed by atoms with E-state index in [0.29, 0.717) is 19.4 Å². The van der Waals surface area contributed by atoms with Gasteiger partial charge in [0.05, 0.1) is 17.9 Å². The first-order valence-corrected chi connectivity index (χ1v) is 7.76. The van der Waals surface area contributed by atoms with Crippen LogP contribution in [-0.2, 0) is 19.6 Å². The highest BCUT2D eigenvalue weighted by molar-refractivity contribution is 7.89. The van der Waals surface area contributed by atoms with E-state index < -0.39 is 15.9 Å². The van der Waals surface area contributed by atoms with Gasteiger partial charge in [-0.25, -0.2) is 8.42 Å². The maximum atomic E-state index is 12.5. The minimum absolute atomic E-state index is 0.0306. The fraction of sp³-hybridized carbons (Fsp3) is 0.462. The highest BCUT2D eigenvalue weighted by atomic mass is 32.2. The SMILES string of the molecule is COC(=O)C1CCCN(S(=O)(=O)c2cccc(O)c2)C1. The van der Waals surface area contributed by atoms with Crippen molar-refractivity contribution >= 4 is 16.0 Å². The molecule has 1 aromatic carbocycles. The average molecular weight is 299 g/mol. The quantitative estimate of drug-likeness (QED) is 0.841. The van der Waals surface area contributed by atoms with Crippen molar-refractivity contribution in [2.75, 3.05) is 20.2 Å². The molecule has 0 amide bonds. The van der Waals surface area contributed by atoms with E-state index in [1.807, 2.05) is 0 Å². The molecule has 1 aliphatic rings. The summed E-state index contributed by atoms with van der Waals surface area (Å²) in [6.45, 7) is 0.482. The minimum Gasteiger partial charge on any atom is -0.508 e. The lowest BCUT2D eigenvalue weighted by Gasteiger charge is -2.30. The second-order valence-corrected chi connectivity index (χ2v) is 6.66. The van der Waals surface area contributed by atoms with Gasteiger partial charge in [0.15, 0.2) is 0 Å². The Labute approximate surface area is 118 Å².